The Balaban J connectivity index is 1.89. The lowest BCUT2D eigenvalue weighted by Crippen LogP contribution is -2.24. The number of carbonyl (C=O) groups is 1. The molecule has 0 aliphatic rings. The molecule has 0 bridgehead atoms. The predicted molar refractivity (Wildman–Crippen MR) is 94.2 cm³/mol. The van der Waals surface area contributed by atoms with Crippen molar-refractivity contribution < 1.29 is 18.3 Å². The van der Waals surface area contributed by atoms with Gasteiger partial charge >= 0.3 is 0 Å². The Morgan fingerprint density at radius 2 is 1.96 bits per heavy atom. The first-order valence-corrected chi connectivity index (χ1v) is 8.19. The maximum Gasteiger partial charge on any atom is 0.251 e. The van der Waals surface area contributed by atoms with E-state index in [9.17, 15) is 13.6 Å². The van der Waals surface area contributed by atoms with Crippen LogP contribution in [0.2, 0.25) is 0 Å². The fourth-order valence-corrected chi connectivity index (χ4v) is 3.06. The molecule has 0 atom stereocenters. The summed E-state index contributed by atoms with van der Waals surface area (Å²) in [5, 5.41) is 2.74. The van der Waals surface area contributed by atoms with Gasteiger partial charge in [0.2, 0.25) is 0 Å². The van der Waals surface area contributed by atoms with Crippen molar-refractivity contribution in [3.05, 3.63) is 58.9 Å². The number of halogens is 2. The molecule has 3 aromatic rings. The molecule has 0 aliphatic heterocycles. The van der Waals surface area contributed by atoms with Crippen molar-refractivity contribution in [2.24, 2.45) is 7.05 Å². The van der Waals surface area contributed by atoms with E-state index in [2.05, 4.69) is 15.0 Å². The number of carbonyl (C=O) groups excluding carboxylic acids is 1. The van der Waals surface area contributed by atoms with Gasteiger partial charge in [0.15, 0.2) is 17.4 Å². The van der Waals surface area contributed by atoms with E-state index in [1.807, 2.05) is 30.7 Å². The topological polar surface area (TPSA) is 56.2 Å². The smallest absolute Gasteiger partial charge is 0.251 e. The van der Waals surface area contributed by atoms with Crippen molar-refractivity contribution in [2.45, 2.75) is 19.9 Å². The van der Waals surface area contributed by atoms with Crippen LogP contribution in [0.1, 0.15) is 28.4 Å². The van der Waals surface area contributed by atoms with E-state index in [1.165, 1.54) is 7.11 Å². The highest BCUT2D eigenvalue weighted by molar-refractivity contribution is 5.94. The van der Waals surface area contributed by atoms with Crippen LogP contribution < -0.4 is 10.1 Å². The molecule has 1 heterocycles. The van der Waals surface area contributed by atoms with Crippen molar-refractivity contribution in [3.63, 3.8) is 0 Å². The molecular weight excluding hydrogens is 340 g/mol. The molecule has 1 N–H and O–H groups in total. The summed E-state index contributed by atoms with van der Waals surface area (Å²) in [5.41, 5.74) is 3.67. The van der Waals surface area contributed by atoms with Crippen LogP contribution in [0.15, 0.2) is 30.6 Å². The number of ether oxygens (including phenoxy) is 1. The van der Waals surface area contributed by atoms with Crippen LogP contribution in [-0.2, 0) is 20.0 Å². The third kappa shape index (κ3) is 3.12. The molecule has 2 aromatic carbocycles. The summed E-state index contributed by atoms with van der Waals surface area (Å²) in [6, 6.07) is 5.84. The Hall–Kier alpha value is -2.96. The quantitative estimate of drug-likeness (QED) is 0.760. The maximum absolute atomic E-state index is 13.8. The van der Waals surface area contributed by atoms with E-state index >= 15 is 0 Å². The van der Waals surface area contributed by atoms with E-state index in [4.69, 9.17) is 0 Å². The first-order valence-electron chi connectivity index (χ1n) is 8.19. The lowest BCUT2D eigenvalue weighted by Gasteiger charge is -2.13. The molecule has 1 amide bonds. The van der Waals surface area contributed by atoms with Gasteiger partial charge in [0.25, 0.3) is 5.91 Å². The molecular formula is C19H19F2N3O2. The maximum atomic E-state index is 13.8. The van der Waals surface area contributed by atoms with E-state index in [0.717, 1.165) is 40.7 Å². The summed E-state index contributed by atoms with van der Waals surface area (Å²) in [4.78, 5) is 16.7. The van der Waals surface area contributed by atoms with Gasteiger partial charge in [0.1, 0.15) is 0 Å². The number of rotatable bonds is 5. The summed E-state index contributed by atoms with van der Waals surface area (Å²) < 4.78 is 34.2. The largest absolute Gasteiger partial charge is 0.491 e. The van der Waals surface area contributed by atoms with Crippen LogP contribution in [0, 0.1) is 11.6 Å². The van der Waals surface area contributed by atoms with Gasteiger partial charge in [0.05, 0.1) is 24.5 Å². The number of hydrogen-bond donors (Lipinski definition) is 1. The third-order valence-electron chi connectivity index (χ3n) is 4.35. The van der Waals surface area contributed by atoms with E-state index < -0.39 is 23.3 Å². The second-order valence-corrected chi connectivity index (χ2v) is 5.94. The SMILES string of the molecule is CCc1ccc2ncn(C)c2c1CNC(=O)c1cc(F)c(OC)c(F)c1. The number of benzene rings is 2. The minimum atomic E-state index is -0.916. The van der Waals surface area contributed by atoms with E-state index in [-0.39, 0.29) is 12.1 Å². The minimum absolute atomic E-state index is 0.101. The summed E-state index contributed by atoms with van der Waals surface area (Å²) in [7, 11) is 3.05. The molecule has 0 saturated heterocycles. The number of nitrogens with zero attached hydrogens (tertiary/aromatic N) is 2. The zero-order chi connectivity index (χ0) is 18.8. The summed E-state index contributed by atoms with van der Waals surface area (Å²) in [5.74, 6) is -2.90. The Bertz CT molecular complexity index is 959. The third-order valence-corrected chi connectivity index (χ3v) is 4.35. The van der Waals surface area contributed by atoms with Crippen molar-refractivity contribution in [2.75, 3.05) is 7.11 Å². The number of methoxy groups -OCH3 is 1. The zero-order valence-corrected chi connectivity index (χ0v) is 14.8. The first kappa shape index (κ1) is 17.8. The Labute approximate surface area is 149 Å². The summed E-state index contributed by atoms with van der Waals surface area (Å²) in [6.07, 6.45) is 2.50. The van der Waals surface area contributed by atoms with Gasteiger partial charge in [-0.05, 0) is 30.2 Å². The van der Waals surface area contributed by atoms with E-state index in [1.54, 1.807) is 6.33 Å². The molecule has 0 spiro atoms. The number of amides is 1. The predicted octanol–water partition coefficient (Wildman–Crippen LogP) is 3.35. The lowest BCUT2D eigenvalue weighted by molar-refractivity contribution is 0.0950. The molecule has 1 aromatic heterocycles. The number of imidazole rings is 1. The van der Waals surface area contributed by atoms with Gasteiger partial charge in [-0.2, -0.15) is 0 Å². The Morgan fingerprint density at radius 3 is 2.58 bits per heavy atom. The van der Waals surface area contributed by atoms with Crippen LogP contribution in [0.4, 0.5) is 8.78 Å². The van der Waals surface area contributed by atoms with Crippen LogP contribution in [0.5, 0.6) is 5.75 Å². The standard InChI is InChI=1S/C19H19F2N3O2/c1-4-11-5-6-16-17(24(2)10-23-16)13(11)9-22-19(25)12-7-14(20)18(26-3)15(21)8-12/h5-8,10H,4,9H2,1-3H3,(H,22,25). The summed E-state index contributed by atoms with van der Waals surface area (Å²) >= 11 is 0. The minimum Gasteiger partial charge on any atom is -0.491 e. The van der Waals surface area contributed by atoms with E-state index in [0.29, 0.717) is 0 Å². The average Bonchev–Trinajstić information content (AvgIpc) is 3.00. The lowest BCUT2D eigenvalue weighted by atomic mass is 10.0. The Kier molecular flexibility index (Phi) is 4.88. The number of fused-ring (bicyclic) bond motifs is 1. The van der Waals surface area contributed by atoms with Gasteiger partial charge < -0.3 is 14.6 Å². The van der Waals surface area contributed by atoms with Crippen LogP contribution in [0.3, 0.4) is 0 Å². The van der Waals surface area contributed by atoms with Gasteiger partial charge in [-0.1, -0.05) is 13.0 Å². The fraction of sp³-hybridized carbons (Fsp3) is 0.263. The fourth-order valence-electron chi connectivity index (χ4n) is 3.06. The Morgan fingerprint density at radius 1 is 1.27 bits per heavy atom. The number of aromatic nitrogens is 2. The number of nitrogens with one attached hydrogen (secondary N) is 1. The van der Waals surface area contributed by atoms with Gasteiger partial charge in [0, 0.05) is 24.7 Å². The molecule has 0 fully saturated rings. The van der Waals surface area contributed by atoms with Crippen molar-refractivity contribution >= 4 is 16.9 Å². The molecule has 0 saturated carbocycles. The monoisotopic (exact) mass is 359 g/mol. The molecule has 136 valence electrons. The second-order valence-electron chi connectivity index (χ2n) is 5.94. The van der Waals surface area contributed by atoms with Gasteiger partial charge in [-0.15, -0.1) is 0 Å². The molecule has 3 rings (SSSR count). The average molecular weight is 359 g/mol. The van der Waals surface area contributed by atoms with Crippen molar-refractivity contribution in [1.82, 2.24) is 14.9 Å². The summed E-state index contributed by atoms with van der Waals surface area (Å²) in [6.45, 7) is 2.26. The molecule has 0 aliphatic carbocycles. The number of aryl methyl sites for hydroxylation is 2. The zero-order valence-electron chi connectivity index (χ0n) is 14.8. The number of hydrogen-bond acceptors (Lipinski definition) is 3. The second kappa shape index (κ2) is 7.11. The highest BCUT2D eigenvalue weighted by Gasteiger charge is 2.17. The molecule has 0 radical (unpaired) electrons. The van der Waals surface area contributed by atoms with Crippen molar-refractivity contribution in [3.8, 4) is 5.75 Å². The molecule has 0 unspecified atom stereocenters. The van der Waals surface area contributed by atoms with Gasteiger partial charge in [-0.3, -0.25) is 4.79 Å². The van der Waals surface area contributed by atoms with Crippen LogP contribution >= 0.6 is 0 Å². The first-order chi connectivity index (χ1) is 12.5. The molecule has 7 heteroatoms. The van der Waals surface area contributed by atoms with Crippen LogP contribution in [-0.4, -0.2) is 22.6 Å². The highest BCUT2D eigenvalue weighted by Crippen LogP contribution is 2.24. The molecule has 26 heavy (non-hydrogen) atoms. The highest BCUT2D eigenvalue weighted by atomic mass is 19.1. The van der Waals surface area contributed by atoms with Crippen LogP contribution in [0.25, 0.3) is 11.0 Å². The molecule has 5 nitrogen and oxygen atoms in total. The van der Waals surface area contributed by atoms with Crippen molar-refractivity contribution in [1.29, 1.82) is 0 Å². The van der Waals surface area contributed by atoms with Gasteiger partial charge in [-0.25, -0.2) is 13.8 Å². The normalized spacial score (nSPS) is 11.0.